The highest BCUT2D eigenvalue weighted by atomic mass is 16.5. The molecule has 0 unspecified atom stereocenters. The van der Waals surface area contributed by atoms with Crippen LogP contribution in [0.4, 0.5) is 5.69 Å². The van der Waals surface area contributed by atoms with Crippen LogP contribution in [-0.2, 0) is 10.2 Å². The number of nitrogens with zero attached hydrogens (tertiary/aromatic N) is 1. The van der Waals surface area contributed by atoms with Gasteiger partial charge in [0.1, 0.15) is 5.65 Å². The smallest absolute Gasteiger partial charge is 0.337 e. The van der Waals surface area contributed by atoms with E-state index in [1.807, 2.05) is 0 Å². The first kappa shape index (κ1) is 26.7. The van der Waals surface area contributed by atoms with Crippen molar-refractivity contribution >= 4 is 34.5 Å². The highest BCUT2D eigenvalue weighted by Crippen LogP contribution is 2.28. The summed E-state index contributed by atoms with van der Waals surface area (Å²) in [7, 11) is 3.05. The monoisotopic (exact) mass is 504 g/mol. The number of pyridine rings is 1. The minimum atomic E-state index is -0.953. The van der Waals surface area contributed by atoms with Gasteiger partial charge < -0.3 is 30.6 Å². The van der Waals surface area contributed by atoms with Gasteiger partial charge in [-0.1, -0.05) is 12.1 Å². The standard InChI is InChI=1S/C19H22N2O4.C8H6N2O2/c1-19(2,18(20)23)13-6-8-14(9-7-13)21-17(22)12-5-10-15(24-3)16(11-12)25-4;11-8(12)6-3-5-1-2-9-7(5)10-4-6/h5-11H,1-4H3,(H2,20,23)(H,21,22);1-4H,(H,9,10)(H,11,12). The first-order chi connectivity index (χ1) is 17.6. The van der Waals surface area contributed by atoms with Crippen molar-refractivity contribution in [3.63, 3.8) is 0 Å². The van der Waals surface area contributed by atoms with Crippen LogP contribution in [0.5, 0.6) is 11.5 Å². The van der Waals surface area contributed by atoms with Crippen molar-refractivity contribution in [1.29, 1.82) is 0 Å². The third kappa shape index (κ3) is 6.23. The molecule has 0 aliphatic rings. The molecule has 10 heteroatoms. The van der Waals surface area contributed by atoms with Gasteiger partial charge in [-0.15, -0.1) is 0 Å². The van der Waals surface area contributed by atoms with Crippen LogP contribution < -0.4 is 20.5 Å². The van der Waals surface area contributed by atoms with Crippen molar-refractivity contribution in [2.75, 3.05) is 19.5 Å². The van der Waals surface area contributed by atoms with Crippen molar-refractivity contribution < 1.29 is 29.0 Å². The Morgan fingerprint density at radius 3 is 2.22 bits per heavy atom. The Hall–Kier alpha value is -4.86. The number of amides is 2. The molecule has 0 radical (unpaired) electrons. The van der Waals surface area contributed by atoms with Crippen molar-refractivity contribution in [1.82, 2.24) is 9.97 Å². The summed E-state index contributed by atoms with van der Waals surface area (Å²) in [4.78, 5) is 41.2. The second kappa shape index (κ2) is 11.3. The number of aromatic nitrogens is 2. The summed E-state index contributed by atoms with van der Waals surface area (Å²) in [6.45, 7) is 3.51. The Morgan fingerprint density at radius 2 is 1.62 bits per heavy atom. The second-order valence-electron chi connectivity index (χ2n) is 8.54. The number of carboxylic acids is 1. The molecule has 0 saturated heterocycles. The van der Waals surface area contributed by atoms with Crippen LogP contribution in [0.2, 0.25) is 0 Å². The lowest BCUT2D eigenvalue weighted by molar-refractivity contribution is -0.122. The predicted molar refractivity (Wildman–Crippen MR) is 139 cm³/mol. The van der Waals surface area contributed by atoms with Gasteiger partial charge in [-0.25, -0.2) is 9.78 Å². The molecular formula is C27H28N4O6. The van der Waals surface area contributed by atoms with Crippen LogP contribution in [0.1, 0.15) is 40.1 Å². The molecule has 2 aromatic carbocycles. The number of carbonyl (C=O) groups excluding carboxylic acids is 2. The topological polar surface area (TPSA) is 157 Å². The van der Waals surface area contributed by atoms with E-state index in [0.717, 1.165) is 10.9 Å². The molecule has 2 amide bonds. The van der Waals surface area contributed by atoms with E-state index >= 15 is 0 Å². The van der Waals surface area contributed by atoms with Gasteiger partial charge in [-0.05, 0) is 61.9 Å². The molecule has 0 bridgehead atoms. The molecule has 2 heterocycles. The first-order valence-electron chi connectivity index (χ1n) is 11.2. The summed E-state index contributed by atoms with van der Waals surface area (Å²) < 4.78 is 10.4. The molecular weight excluding hydrogens is 476 g/mol. The molecule has 5 N–H and O–H groups in total. The van der Waals surface area contributed by atoms with E-state index in [-0.39, 0.29) is 11.5 Å². The van der Waals surface area contributed by atoms with Crippen LogP contribution in [0.3, 0.4) is 0 Å². The Balaban J connectivity index is 0.000000262. The molecule has 0 fully saturated rings. The average Bonchev–Trinajstić information content (AvgIpc) is 3.37. The van der Waals surface area contributed by atoms with Crippen LogP contribution in [0.25, 0.3) is 11.0 Å². The van der Waals surface area contributed by atoms with E-state index in [4.69, 9.17) is 20.3 Å². The number of primary amides is 1. The van der Waals surface area contributed by atoms with Crippen LogP contribution >= 0.6 is 0 Å². The van der Waals surface area contributed by atoms with Crippen LogP contribution in [0, 0.1) is 0 Å². The van der Waals surface area contributed by atoms with Gasteiger partial charge in [0.05, 0.1) is 25.2 Å². The van der Waals surface area contributed by atoms with Crippen LogP contribution in [-0.4, -0.2) is 47.1 Å². The number of carbonyl (C=O) groups is 3. The SMILES string of the molecule is COc1ccc(C(=O)Nc2ccc(C(C)(C)C(N)=O)cc2)cc1OC.O=C(O)c1cnc2[nH]ccc2c1. The summed E-state index contributed by atoms with van der Waals surface area (Å²) in [5.74, 6) is -0.603. The molecule has 0 aliphatic heterocycles. The summed E-state index contributed by atoms with van der Waals surface area (Å²) in [5, 5.41) is 12.2. The number of benzene rings is 2. The highest BCUT2D eigenvalue weighted by Gasteiger charge is 2.27. The number of aromatic amines is 1. The largest absolute Gasteiger partial charge is 0.493 e. The second-order valence-corrected chi connectivity index (χ2v) is 8.54. The lowest BCUT2D eigenvalue weighted by atomic mass is 9.84. The number of rotatable bonds is 7. The average molecular weight is 505 g/mol. The van der Waals surface area contributed by atoms with Gasteiger partial charge in [0.25, 0.3) is 5.91 Å². The van der Waals surface area contributed by atoms with Gasteiger partial charge in [0, 0.05) is 29.0 Å². The number of nitrogens with one attached hydrogen (secondary N) is 2. The number of methoxy groups -OCH3 is 2. The predicted octanol–water partition coefficient (Wildman–Crippen LogP) is 3.98. The van der Waals surface area contributed by atoms with Gasteiger partial charge in [0.15, 0.2) is 11.5 Å². The van der Waals surface area contributed by atoms with Crippen molar-refractivity contribution in [2.24, 2.45) is 5.73 Å². The van der Waals surface area contributed by atoms with E-state index in [2.05, 4.69) is 15.3 Å². The van der Waals surface area contributed by atoms with Crippen molar-refractivity contribution in [2.45, 2.75) is 19.3 Å². The molecule has 37 heavy (non-hydrogen) atoms. The number of hydrogen-bond acceptors (Lipinski definition) is 6. The zero-order chi connectivity index (χ0) is 27.2. The molecule has 192 valence electrons. The fourth-order valence-corrected chi connectivity index (χ4v) is 3.35. The third-order valence-electron chi connectivity index (χ3n) is 5.77. The highest BCUT2D eigenvalue weighted by molar-refractivity contribution is 6.04. The summed E-state index contributed by atoms with van der Waals surface area (Å²) >= 11 is 0. The minimum Gasteiger partial charge on any atom is -0.493 e. The molecule has 4 rings (SSSR count). The quantitative estimate of drug-likeness (QED) is 0.296. The Bertz CT molecular complexity index is 1430. The summed E-state index contributed by atoms with van der Waals surface area (Å²) in [6.07, 6.45) is 3.06. The van der Waals surface area contributed by atoms with E-state index in [1.165, 1.54) is 20.4 Å². The lowest BCUT2D eigenvalue weighted by Gasteiger charge is -2.21. The van der Waals surface area contributed by atoms with Gasteiger partial charge in [-0.2, -0.15) is 0 Å². The minimum absolute atomic E-state index is 0.210. The Kier molecular flexibility index (Phi) is 8.13. The number of carboxylic acid groups (broad SMARTS) is 1. The Labute approximate surface area is 213 Å². The van der Waals surface area contributed by atoms with Gasteiger partial charge in [0.2, 0.25) is 5.91 Å². The maximum absolute atomic E-state index is 12.4. The molecule has 0 saturated carbocycles. The van der Waals surface area contributed by atoms with Gasteiger partial charge >= 0.3 is 5.97 Å². The summed E-state index contributed by atoms with van der Waals surface area (Å²) in [6, 6.07) is 15.3. The Morgan fingerprint density at radius 1 is 0.946 bits per heavy atom. The normalized spacial score (nSPS) is 10.7. The molecule has 2 aromatic heterocycles. The van der Waals surface area contributed by atoms with E-state index < -0.39 is 17.3 Å². The van der Waals surface area contributed by atoms with Crippen molar-refractivity contribution in [3.05, 3.63) is 83.7 Å². The number of nitrogens with two attached hydrogens (primary N) is 1. The van der Waals surface area contributed by atoms with E-state index in [9.17, 15) is 14.4 Å². The number of H-pyrrole nitrogens is 1. The molecule has 0 atom stereocenters. The fourth-order valence-electron chi connectivity index (χ4n) is 3.35. The summed E-state index contributed by atoms with van der Waals surface area (Å²) in [5.41, 5.74) is 7.40. The molecule has 0 aliphatic carbocycles. The molecule has 0 spiro atoms. The number of anilines is 1. The maximum Gasteiger partial charge on any atom is 0.337 e. The number of hydrogen-bond donors (Lipinski definition) is 4. The maximum atomic E-state index is 12.4. The fraction of sp³-hybridized carbons (Fsp3) is 0.185. The van der Waals surface area contributed by atoms with Gasteiger partial charge in [-0.3, -0.25) is 9.59 Å². The lowest BCUT2D eigenvalue weighted by Crippen LogP contribution is -2.35. The number of fused-ring (bicyclic) bond motifs is 1. The molecule has 4 aromatic rings. The first-order valence-corrected chi connectivity index (χ1v) is 11.2. The van der Waals surface area contributed by atoms with Crippen molar-refractivity contribution in [3.8, 4) is 11.5 Å². The number of ether oxygens (including phenoxy) is 2. The number of aromatic carboxylic acids is 1. The third-order valence-corrected chi connectivity index (χ3v) is 5.77. The van der Waals surface area contributed by atoms with E-state index in [1.54, 1.807) is 74.6 Å². The van der Waals surface area contributed by atoms with Crippen LogP contribution in [0.15, 0.2) is 67.0 Å². The zero-order valence-corrected chi connectivity index (χ0v) is 20.9. The zero-order valence-electron chi connectivity index (χ0n) is 20.9. The molecule has 10 nitrogen and oxygen atoms in total. The van der Waals surface area contributed by atoms with E-state index in [0.29, 0.717) is 28.4 Å².